The topological polar surface area (TPSA) is 125 Å². The number of nitrogens with two attached hydrogens (primary N) is 1. The summed E-state index contributed by atoms with van der Waals surface area (Å²) in [6, 6.07) is 0. The average molecular weight is 309 g/mol. The van der Waals surface area contributed by atoms with Crippen LogP contribution in [0, 0.1) is 0 Å². The second kappa shape index (κ2) is 7.55. The molecule has 0 saturated heterocycles. The fourth-order valence-electron chi connectivity index (χ4n) is 1.84. The van der Waals surface area contributed by atoms with E-state index in [-0.39, 0.29) is 37.4 Å². The smallest absolute Gasteiger partial charge is 0.305 e. The lowest BCUT2D eigenvalue weighted by molar-refractivity contribution is -0.145. The van der Waals surface area contributed by atoms with Gasteiger partial charge in [0.05, 0.1) is 12.9 Å². The van der Waals surface area contributed by atoms with E-state index in [0.29, 0.717) is 12.1 Å². The minimum absolute atomic E-state index is 0.0177. The molecular weight excluding hydrogens is 290 g/mol. The van der Waals surface area contributed by atoms with Gasteiger partial charge in [-0.15, -0.1) is 0 Å². The maximum atomic E-state index is 11.6. The number of aromatic nitrogens is 4. The first kappa shape index (κ1) is 16.0. The number of carbonyl (C=O) groups excluding carboxylic acids is 1. The third kappa shape index (κ3) is 4.04. The van der Waals surface area contributed by atoms with E-state index in [0.717, 1.165) is 12.8 Å². The predicted molar refractivity (Wildman–Crippen MR) is 79.0 cm³/mol. The Labute approximate surface area is 126 Å². The number of hydrogen-bond acceptors (Lipinski definition) is 7. The van der Waals surface area contributed by atoms with Crippen LogP contribution in [0.15, 0.2) is 11.1 Å². The van der Waals surface area contributed by atoms with Gasteiger partial charge >= 0.3 is 5.97 Å². The maximum Gasteiger partial charge on any atom is 0.305 e. The number of fused-ring (bicyclic) bond motifs is 1. The van der Waals surface area contributed by atoms with Crippen LogP contribution in [0.25, 0.3) is 11.2 Å². The number of imidazole rings is 1. The summed E-state index contributed by atoms with van der Waals surface area (Å²) in [6.07, 6.45) is 3.64. The van der Waals surface area contributed by atoms with Gasteiger partial charge in [-0.25, -0.2) is 4.98 Å². The first-order chi connectivity index (χ1) is 10.6. The Kier molecular flexibility index (Phi) is 5.48. The minimum Gasteiger partial charge on any atom is -0.463 e. The zero-order valence-corrected chi connectivity index (χ0v) is 12.4. The normalized spacial score (nSPS) is 11.0. The quantitative estimate of drug-likeness (QED) is 0.534. The Hall–Kier alpha value is -2.42. The van der Waals surface area contributed by atoms with Crippen molar-refractivity contribution in [2.75, 3.05) is 18.9 Å². The van der Waals surface area contributed by atoms with Crippen LogP contribution in [0.1, 0.15) is 26.2 Å². The highest BCUT2D eigenvalue weighted by atomic mass is 16.6. The van der Waals surface area contributed by atoms with E-state index in [1.165, 1.54) is 6.33 Å². The van der Waals surface area contributed by atoms with Gasteiger partial charge < -0.3 is 15.2 Å². The van der Waals surface area contributed by atoms with Crippen LogP contribution in [0.2, 0.25) is 0 Å². The van der Waals surface area contributed by atoms with Crippen molar-refractivity contribution >= 4 is 23.1 Å². The third-order valence-electron chi connectivity index (χ3n) is 2.95. The summed E-state index contributed by atoms with van der Waals surface area (Å²) < 4.78 is 11.9. The van der Waals surface area contributed by atoms with Crippen molar-refractivity contribution in [2.24, 2.45) is 0 Å². The van der Waals surface area contributed by atoms with Crippen molar-refractivity contribution in [1.29, 1.82) is 0 Å². The van der Waals surface area contributed by atoms with Crippen LogP contribution in [0.4, 0.5) is 5.95 Å². The molecule has 9 heteroatoms. The Morgan fingerprint density at radius 2 is 2.27 bits per heavy atom. The summed E-state index contributed by atoms with van der Waals surface area (Å²) in [5.74, 6) is -0.205. The summed E-state index contributed by atoms with van der Waals surface area (Å²) in [4.78, 5) is 33.2. The largest absolute Gasteiger partial charge is 0.463 e. The molecule has 0 saturated carbocycles. The number of hydrogen-bond donors (Lipinski definition) is 2. The van der Waals surface area contributed by atoms with Crippen LogP contribution in [0.3, 0.4) is 0 Å². The standard InChI is InChI=1S/C13H19N5O4/c1-2-3-4-9(19)22-6-5-21-8-18-7-15-10-11(18)16-13(14)17-12(10)20/h7H,2-6,8H2,1H3,(H3,14,16,17,20). The molecule has 0 aliphatic heterocycles. The summed E-state index contributed by atoms with van der Waals surface area (Å²) in [6.45, 7) is 2.58. The highest BCUT2D eigenvalue weighted by Crippen LogP contribution is 2.06. The van der Waals surface area contributed by atoms with Gasteiger partial charge in [0.15, 0.2) is 11.2 Å². The molecule has 0 fully saturated rings. The van der Waals surface area contributed by atoms with Crippen LogP contribution in [-0.4, -0.2) is 38.7 Å². The molecular formula is C13H19N5O4. The number of H-pyrrole nitrogens is 1. The summed E-state index contributed by atoms with van der Waals surface area (Å²) in [5, 5.41) is 0. The molecule has 9 nitrogen and oxygen atoms in total. The van der Waals surface area contributed by atoms with Gasteiger partial charge in [-0.1, -0.05) is 13.3 Å². The SMILES string of the molecule is CCCCC(=O)OCCOCn1cnc2c(=O)[nH]c(N)nc21. The van der Waals surface area contributed by atoms with Gasteiger partial charge in [-0.3, -0.25) is 19.1 Å². The first-order valence-corrected chi connectivity index (χ1v) is 7.05. The molecule has 0 aromatic carbocycles. The monoisotopic (exact) mass is 309 g/mol. The lowest BCUT2D eigenvalue weighted by Gasteiger charge is -2.07. The number of nitrogen functional groups attached to an aromatic ring is 1. The van der Waals surface area contributed by atoms with Crippen LogP contribution in [0.5, 0.6) is 0 Å². The summed E-state index contributed by atoms with van der Waals surface area (Å²) >= 11 is 0. The number of ether oxygens (including phenoxy) is 2. The number of anilines is 1. The third-order valence-corrected chi connectivity index (χ3v) is 2.95. The van der Waals surface area contributed by atoms with Crippen molar-refractivity contribution < 1.29 is 14.3 Å². The molecule has 22 heavy (non-hydrogen) atoms. The van der Waals surface area contributed by atoms with E-state index in [1.54, 1.807) is 4.57 Å². The zero-order chi connectivity index (χ0) is 15.9. The van der Waals surface area contributed by atoms with Crippen molar-refractivity contribution in [3.63, 3.8) is 0 Å². The van der Waals surface area contributed by atoms with E-state index >= 15 is 0 Å². The lowest BCUT2D eigenvalue weighted by Crippen LogP contribution is -2.14. The van der Waals surface area contributed by atoms with Crippen LogP contribution >= 0.6 is 0 Å². The molecule has 0 amide bonds. The highest BCUT2D eigenvalue weighted by molar-refractivity contribution is 5.70. The molecule has 120 valence electrons. The van der Waals surface area contributed by atoms with Crippen molar-refractivity contribution in [2.45, 2.75) is 32.9 Å². The van der Waals surface area contributed by atoms with Gasteiger partial charge in [0, 0.05) is 6.42 Å². The number of nitrogens with one attached hydrogen (secondary N) is 1. The Morgan fingerprint density at radius 3 is 3.05 bits per heavy atom. The predicted octanol–water partition coefficient (Wildman–Crippen LogP) is 0.409. The summed E-state index contributed by atoms with van der Waals surface area (Å²) in [7, 11) is 0. The molecule has 2 rings (SSSR count). The van der Waals surface area contributed by atoms with Crippen molar-refractivity contribution in [3.8, 4) is 0 Å². The van der Waals surface area contributed by atoms with E-state index < -0.39 is 5.56 Å². The van der Waals surface area contributed by atoms with E-state index in [2.05, 4.69) is 15.0 Å². The Balaban J connectivity index is 1.81. The molecule has 2 heterocycles. The average Bonchev–Trinajstić information content (AvgIpc) is 2.88. The molecule has 0 aliphatic rings. The number of rotatable bonds is 8. The number of unbranched alkanes of at least 4 members (excludes halogenated alkanes) is 1. The number of aromatic amines is 1. The minimum atomic E-state index is -0.397. The van der Waals surface area contributed by atoms with E-state index in [9.17, 15) is 9.59 Å². The van der Waals surface area contributed by atoms with E-state index in [4.69, 9.17) is 15.2 Å². The fraction of sp³-hybridized carbons (Fsp3) is 0.538. The van der Waals surface area contributed by atoms with E-state index in [1.807, 2.05) is 6.92 Å². The first-order valence-electron chi connectivity index (χ1n) is 7.05. The van der Waals surface area contributed by atoms with Crippen LogP contribution < -0.4 is 11.3 Å². The van der Waals surface area contributed by atoms with Gasteiger partial charge in [-0.05, 0) is 6.42 Å². The molecule has 0 spiro atoms. The maximum absolute atomic E-state index is 11.6. The van der Waals surface area contributed by atoms with Gasteiger partial charge in [0.1, 0.15) is 13.3 Å². The number of nitrogens with zero attached hydrogens (tertiary/aromatic N) is 3. The second-order valence-corrected chi connectivity index (χ2v) is 4.70. The zero-order valence-electron chi connectivity index (χ0n) is 12.4. The number of esters is 1. The lowest BCUT2D eigenvalue weighted by atomic mass is 10.2. The molecule has 0 atom stereocenters. The summed E-state index contributed by atoms with van der Waals surface area (Å²) in [5.41, 5.74) is 5.65. The molecule has 0 bridgehead atoms. The molecule has 0 unspecified atom stereocenters. The van der Waals surface area contributed by atoms with Gasteiger partial charge in [0.2, 0.25) is 5.95 Å². The molecule has 0 aliphatic carbocycles. The molecule has 2 aromatic rings. The second-order valence-electron chi connectivity index (χ2n) is 4.70. The van der Waals surface area contributed by atoms with Crippen LogP contribution in [-0.2, 0) is 21.0 Å². The van der Waals surface area contributed by atoms with Gasteiger partial charge in [-0.2, -0.15) is 4.98 Å². The van der Waals surface area contributed by atoms with Gasteiger partial charge in [0.25, 0.3) is 5.56 Å². The Bertz CT molecular complexity index is 693. The van der Waals surface area contributed by atoms with Crippen molar-refractivity contribution in [1.82, 2.24) is 19.5 Å². The van der Waals surface area contributed by atoms with Crippen molar-refractivity contribution in [3.05, 3.63) is 16.7 Å². The molecule has 2 aromatic heterocycles. The fourth-order valence-corrected chi connectivity index (χ4v) is 1.84. The molecule has 3 N–H and O–H groups in total. The Morgan fingerprint density at radius 1 is 1.45 bits per heavy atom. The highest BCUT2D eigenvalue weighted by Gasteiger charge is 2.09. The molecule has 0 radical (unpaired) electrons. The number of carbonyl (C=O) groups is 1.